The van der Waals surface area contributed by atoms with Gasteiger partial charge in [-0.05, 0) is 63.6 Å². The lowest BCUT2D eigenvalue weighted by Crippen LogP contribution is -2.57. The van der Waals surface area contributed by atoms with Crippen LogP contribution in [0, 0.1) is 17.8 Å². The zero-order valence-electron chi connectivity index (χ0n) is 23.8. The van der Waals surface area contributed by atoms with Crippen molar-refractivity contribution >= 4 is 23.6 Å². The van der Waals surface area contributed by atoms with Crippen LogP contribution in [0.3, 0.4) is 0 Å². The number of hydrogen-bond acceptors (Lipinski definition) is 7. The van der Waals surface area contributed by atoms with Crippen LogP contribution in [0.25, 0.3) is 0 Å². The van der Waals surface area contributed by atoms with Crippen molar-refractivity contribution in [3.8, 4) is 5.75 Å². The van der Waals surface area contributed by atoms with Crippen molar-refractivity contribution in [2.75, 3.05) is 20.3 Å². The number of rotatable bonds is 8. The van der Waals surface area contributed by atoms with Crippen LogP contribution in [0.15, 0.2) is 24.3 Å². The average molecular weight is 549 g/mol. The molecule has 39 heavy (non-hydrogen) atoms. The van der Waals surface area contributed by atoms with Crippen molar-refractivity contribution in [2.24, 2.45) is 17.8 Å². The third kappa shape index (κ3) is 10.5. The smallest absolute Gasteiger partial charge is 0.247 e. The van der Waals surface area contributed by atoms with Gasteiger partial charge in [0.05, 0.1) is 24.7 Å². The van der Waals surface area contributed by atoms with E-state index in [9.17, 15) is 24.4 Å². The van der Waals surface area contributed by atoms with Gasteiger partial charge in [-0.25, -0.2) is 5.48 Å². The summed E-state index contributed by atoms with van der Waals surface area (Å²) < 4.78 is 11.5. The Morgan fingerprint density at radius 3 is 2.38 bits per heavy atom. The summed E-state index contributed by atoms with van der Waals surface area (Å²) >= 11 is 0. The summed E-state index contributed by atoms with van der Waals surface area (Å²) in [7, 11) is 1.47. The summed E-state index contributed by atoms with van der Waals surface area (Å²) in [6.07, 6.45) is 1.29. The van der Waals surface area contributed by atoms with Gasteiger partial charge >= 0.3 is 0 Å². The van der Waals surface area contributed by atoms with Crippen molar-refractivity contribution in [1.82, 2.24) is 21.4 Å². The monoisotopic (exact) mass is 548 g/mol. The minimum Gasteiger partial charge on any atom is -0.494 e. The number of fused-ring (bicyclic) bond motifs is 11. The summed E-state index contributed by atoms with van der Waals surface area (Å²) in [6.45, 7) is 9.68. The molecule has 218 valence electrons. The highest BCUT2D eigenvalue weighted by Gasteiger charge is 2.36. The maximum absolute atomic E-state index is 13.7. The van der Waals surface area contributed by atoms with Gasteiger partial charge in [0.2, 0.25) is 23.6 Å². The van der Waals surface area contributed by atoms with E-state index >= 15 is 0 Å². The van der Waals surface area contributed by atoms with E-state index in [1.165, 1.54) is 7.05 Å². The predicted octanol–water partition coefficient (Wildman–Crippen LogP) is 1.72. The minimum absolute atomic E-state index is 0.0592. The van der Waals surface area contributed by atoms with Gasteiger partial charge in [0.1, 0.15) is 17.8 Å². The second kappa shape index (κ2) is 14.8. The Labute approximate surface area is 230 Å². The first-order valence-corrected chi connectivity index (χ1v) is 13.5. The molecule has 4 atom stereocenters. The van der Waals surface area contributed by atoms with E-state index in [1.54, 1.807) is 17.6 Å². The molecule has 0 aromatic heterocycles. The maximum Gasteiger partial charge on any atom is 0.247 e. The number of hydrogen-bond donors (Lipinski definition) is 5. The number of benzene rings is 1. The van der Waals surface area contributed by atoms with E-state index in [0.717, 1.165) is 5.56 Å². The number of carbonyl (C=O) groups is 4. The molecule has 11 heteroatoms. The standard InChI is InChI=1S/C28H44N4O7/c1-17(2)14-21-20(25(34)32-37)8-7-13-38-19-11-9-18(10-12-19)15-22(30-24(21)33)27(36)31-23(26(35)29-6)16-39-28(3,4)5/h9-12,17,20-23,37H,7-8,13-16H2,1-6H3,(H,29,35)(H,30,33)(H,31,36)(H,32,34)/t20-,21+,22-,23-/m0/s1. The number of hydroxylamine groups is 1. The first-order chi connectivity index (χ1) is 18.3. The summed E-state index contributed by atoms with van der Waals surface area (Å²) in [5.41, 5.74) is 1.93. The maximum atomic E-state index is 13.7. The molecule has 1 aromatic carbocycles. The highest BCUT2D eigenvalue weighted by Crippen LogP contribution is 2.27. The highest BCUT2D eigenvalue weighted by molar-refractivity contribution is 5.94. The normalized spacial score (nSPS) is 21.2. The average Bonchev–Trinajstić information content (AvgIpc) is 2.88. The van der Waals surface area contributed by atoms with Gasteiger partial charge in [0.15, 0.2) is 0 Å². The van der Waals surface area contributed by atoms with Gasteiger partial charge in [-0.1, -0.05) is 26.0 Å². The Kier molecular flexibility index (Phi) is 12.2. The molecule has 11 nitrogen and oxygen atoms in total. The lowest BCUT2D eigenvalue weighted by atomic mass is 9.81. The molecule has 2 bridgehead atoms. The van der Waals surface area contributed by atoms with Crippen LogP contribution in [-0.2, 0) is 30.3 Å². The minimum atomic E-state index is -1.04. The lowest BCUT2D eigenvalue weighted by molar-refractivity contribution is -0.142. The van der Waals surface area contributed by atoms with Crippen molar-refractivity contribution in [2.45, 2.75) is 78.0 Å². The van der Waals surface area contributed by atoms with Crippen LogP contribution in [0.5, 0.6) is 5.75 Å². The number of likely N-dealkylation sites (N-methyl/N-ethyl adjacent to an activating group) is 1. The Hall–Kier alpha value is -3.18. The topological polar surface area (TPSA) is 155 Å². The quantitative estimate of drug-likeness (QED) is 0.245. The molecular formula is C28H44N4O7. The Balaban J connectivity index is 2.41. The Bertz CT molecular complexity index is 975. The van der Waals surface area contributed by atoms with Gasteiger partial charge < -0.3 is 25.4 Å². The zero-order valence-corrected chi connectivity index (χ0v) is 23.8. The van der Waals surface area contributed by atoms with Crippen LogP contribution in [0.2, 0.25) is 0 Å². The molecule has 1 aromatic rings. The molecule has 0 saturated heterocycles. The largest absolute Gasteiger partial charge is 0.494 e. The molecule has 2 aliphatic heterocycles. The molecule has 0 fully saturated rings. The van der Waals surface area contributed by atoms with Crippen molar-refractivity contribution in [1.29, 1.82) is 0 Å². The summed E-state index contributed by atoms with van der Waals surface area (Å²) in [5, 5.41) is 17.5. The van der Waals surface area contributed by atoms with Crippen LogP contribution in [0.4, 0.5) is 0 Å². The van der Waals surface area contributed by atoms with Gasteiger partial charge in [0, 0.05) is 19.4 Å². The lowest BCUT2D eigenvalue weighted by Gasteiger charge is -2.30. The molecule has 5 N–H and O–H groups in total. The number of carbonyl (C=O) groups excluding carboxylic acids is 4. The molecular weight excluding hydrogens is 504 g/mol. The van der Waals surface area contributed by atoms with Gasteiger partial charge in [0.25, 0.3) is 0 Å². The Morgan fingerprint density at radius 2 is 1.82 bits per heavy atom. The fraction of sp³-hybridized carbons (Fsp3) is 0.643. The Morgan fingerprint density at radius 1 is 1.15 bits per heavy atom. The van der Waals surface area contributed by atoms with Crippen LogP contribution in [-0.4, -0.2) is 66.8 Å². The second-order valence-corrected chi connectivity index (χ2v) is 11.3. The predicted molar refractivity (Wildman–Crippen MR) is 145 cm³/mol. The van der Waals surface area contributed by atoms with Crippen molar-refractivity contribution in [3.05, 3.63) is 29.8 Å². The third-order valence-corrected chi connectivity index (χ3v) is 6.48. The van der Waals surface area contributed by atoms with E-state index in [1.807, 2.05) is 46.8 Å². The SMILES string of the molecule is CNC(=O)[C@H](COC(C)(C)C)NC(=O)[C@@H]1Cc2ccc(cc2)OCCC[C@H](C(=O)NO)[C@@H](CC(C)C)C(=O)N1. The first-order valence-electron chi connectivity index (χ1n) is 13.5. The van der Waals surface area contributed by atoms with Gasteiger partial charge in [-0.3, -0.25) is 24.4 Å². The molecule has 0 spiro atoms. The highest BCUT2D eigenvalue weighted by atomic mass is 16.5. The van der Waals surface area contributed by atoms with Gasteiger partial charge in [-0.2, -0.15) is 0 Å². The fourth-order valence-corrected chi connectivity index (χ4v) is 4.46. The molecule has 0 saturated carbocycles. The third-order valence-electron chi connectivity index (χ3n) is 6.48. The molecule has 0 radical (unpaired) electrons. The first kappa shape index (κ1) is 32.0. The van der Waals surface area contributed by atoms with Crippen LogP contribution < -0.4 is 26.2 Å². The van der Waals surface area contributed by atoms with E-state index in [-0.39, 0.29) is 18.9 Å². The van der Waals surface area contributed by atoms with E-state index in [0.29, 0.717) is 31.6 Å². The molecule has 2 aliphatic rings. The van der Waals surface area contributed by atoms with Crippen LogP contribution in [0.1, 0.15) is 59.4 Å². The van der Waals surface area contributed by atoms with E-state index in [2.05, 4.69) is 16.0 Å². The van der Waals surface area contributed by atoms with Crippen LogP contribution >= 0.6 is 0 Å². The molecule has 0 aliphatic carbocycles. The molecule has 4 amide bonds. The van der Waals surface area contributed by atoms with E-state index in [4.69, 9.17) is 9.47 Å². The van der Waals surface area contributed by atoms with E-state index < -0.39 is 53.1 Å². The molecule has 2 heterocycles. The number of nitrogens with one attached hydrogen (secondary N) is 4. The summed E-state index contributed by atoms with van der Waals surface area (Å²) in [6, 6.07) is 5.17. The van der Waals surface area contributed by atoms with Crippen molar-refractivity contribution in [3.63, 3.8) is 0 Å². The van der Waals surface area contributed by atoms with Crippen molar-refractivity contribution < 1.29 is 33.9 Å². The van der Waals surface area contributed by atoms with Gasteiger partial charge in [-0.15, -0.1) is 0 Å². The number of ether oxygens (including phenoxy) is 2. The zero-order chi connectivity index (χ0) is 29.2. The summed E-state index contributed by atoms with van der Waals surface area (Å²) in [4.78, 5) is 52.4. The second-order valence-electron chi connectivity index (χ2n) is 11.3. The summed E-state index contributed by atoms with van der Waals surface area (Å²) in [5.74, 6) is -3.05. The number of amides is 4. The fourth-order valence-electron chi connectivity index (χ4n) is 4.46. The molecule has 0 unspecified atom stereocenters. The molecule has 3 rings (SSSR count).